The van der Waals surface area contributed by atoms with Gasteiger partial charge in [0.15, 0.2) is 0 Å². The number of carbonyl (C=O) groups excluding carboxylic acids is 2. The predicted molar refractivity (Wildman–Crippen MR) is 115 cm³/mol. The monoisotopic (exact) mass is 466 g/mol. The Bertz CT molecular complexity index is 905. The van der Waals surface area contributed by atoms with Gasteiger partial charge in [-0.15, -0.1) is 0 Å². The summed E-state index contributed by atoms with van der Waals surface area (Å²) in [6.45, 7) is 5.19. The number of amides is 2. The van der Waals surface area contributed by atoms with Crippen molar-refractivity contribution < 1.29 is 31.9 Å². The predicted octanol–water partition coefficient (Wildman–Crippen LogP) is 4.60. The van der Waals surface area contributed by atoms with Crippen LogP contribution in [0.15, 0.2) is 47.1 Å². The van der Waals surface area contributed by atoms with Crippen LogP contribution in [0.4, 0.5) is 13.2 Å². The molecular formula is C24H29F3N2O4. The molecule has 1 aromatic heterocycles. The molecule has 1 aromatic carbocycles. The number of benzene rings is 1. The van der Waals surface area contributed by atoms with E-state index in [0.717, 1.165) is 37.1 Å². The molecule has 9 heteroatoms. The second kappa shape index (κ2) is 10.9. The molecule has 180 valence electrons. The van der Waals surface area contributed by atoms with E-state index in [1.54, 1.807) is 17.0 Å². The Morgan fingerprint density at radius 1 is 1.12 bits per heavy atom. The highest BCUT2D eigenvalue weighted by atomic mass is 19.4. The van der Waals surface area contributed by atoms with Crippen molar-refractivity contribution in [1.82, 2.24) is 9.80 Å². The van der Waals surface area contributed by atoms with Gasteiger partial charge < -0.3 is 19.0 Å². The summed E-state index contributed by atoms with van der Waals surface area (Å²) < 4.78 is 49.7. The molecular weight excluding hydrogens is 437 g/mol. The van der Waals surface area contributed by atoms with Crippen molar-refractivity contribution in [3.8, 4) is 0 Å². The fourth-order valence-electron chi connectivity index (χ4n) is 3.79. The summed E-state index contributed by atoms with van der Waals surface area (Å²) >= 11 is 0. The summed E-state index contributed by atoms with van der Waals surface area (Å²) in [7, 11) is 0. The molecule has 1 aliphatic heterocycles. The lowest BCUT2D eigenvalue weighted by Gasteiger charge is -2.29. The SMILES string of the molecule is CC(C)CN(CC(=O)N(Cc1ccco1)CC1CCCO1)C(=O)c1ccc(C(F)(F)F)cc1. The summed E-state index contributed by atoms with van der Waals surface area (Å²) in [5.41, 5.74) is -0.722. The highest BCUT2D eigenvalue weighted by Gasteiger charge is 2.31. The molecule has 0 aliphatic carbocycles. The van der Waals surface area contributed by atoms with E-state index in [0.29, 0.717) is 25.5 Å². The maximum atomic E-state index is 13.3. The van der Waals surface area contributed by atoms with E-state index >= 15 is 0 Å². The maximum Gasteiger partial charge on any atom is 0.416 e. The van der Waals surface area contributed by atoms with Crippen LogP contribution in [-0.4, -0.2) is 54.0 Å². The molecule has 1 aliphatic rings. The van der Waals surface area contributed by atoms with Crippen molar-refractivity contribution in [3.63, 3.8) is 0 Å². The number of hydrogen-bond donors (Lipinski definition) is 0. The lowest BCUT2D eigenvalue weighted by atomic mass is 10.1. The summed E-state index contributed by atoms with van der Waals surface area (Å²) in [6, 6.07) is 7.57. The number of rotatable bonds is 9. The third kappa shape index (κ3) is 7.08. The quantitative estimate of drug-likeness (QED) is 0.542. The molecule has 33 heavy (non-hydrogen) atoms. The number of alkyl halides is 3. The Kier molecular flexibility index (Phi) is 8.18. The van der Waals surface area contributed by atoms with Gasteiger partial charge in [0, 0.05) is 25.3 Å². The third-order valence-corrected chi connectivity index (χ3v) is 5.39. The van der Waals surface area contributed by atoms with Crippen LogP contribution in [0.25, 0.3) is 0 Å². The average Bonchev–Trinajstić information content (AvgIpc) is 3.46. The highest BCUT2D eigenvalue weighted by Crippen LogP contribution is 2.29. The molecule has 1 saturated heterocycles. The van der Waals surface area contributed by atoms with Crippen LogP contribution in [0.3, 0.4) is 0 Å². The van der Waals surface area contributed by atoms with Gasteiger partial charge in [-0.05, 0) is 55.2 Å². The van der Waals surface area contributed by atoms with E-state index in [-0.39, 0.29) is 36.6 Å². The molecule has 0 radical (unpaired) electrons. The van der Waals surface area contributed by atoms with Gasteiger partial charge in [-0.2, -0.15) is 13.2 Å². The Labute approximate surface area is 191 Å². The van der Waals surface area contributed by atoms with Crippen LogP contribution in [-0.2, 0) is 22.3 Å². The molecule has 2 heterocycles. The lowest BCUT2D eigenvalue weighted by Crippen LogP contribution is -2.46. The van der Waals surface area contributed by atoms with Crippen LogP contribution in [0.2, 0.25) is 0 Å². The number of carbonyl (C=O) groups is 2. The molecule has 2 aromatic rings. The van der Waals surface area contributed by atoms with Crippen LogP contribution in [0, 0.1) is 5.92 Å². The first kappa shape index (κ1) is 24.8. The number of ether oxygens (including phenoxy) is 1. The zero-order chi connectivity index (χ0) is 24.0. The van der Waals surface area contributed by atoms with Gasteiger partial charge in [0.25, 0.3) is 5.91 Å². The Balaban J connectivity index is 1.75. The summed E-state index contributed by atoms with van der Waals surface area (Å²) in [4.78, 5) is 29.4. The summed E-state index contributed by atoms with van der Waals surface area (Å²) in [5.74, 6) is -0.0811. The maximum absolute atomic E-state index is 13.3. The van der Waals surface area contributed by atoms with Crippen molar-refractivity contribution in [2.75, 3.05) is 26.2 Å². The molecule has 1 atom stereocenters. The smallest absolute Gasteiger partial charge is 0.416 e. The minimum absolute atomic E-state index is 0.0629. The van der Waals surface area contributed by atoms with Crippen molar-refractivity contribution in [2.45, 2.75) is 45.5 Å². The van der Waals surface area contributed by atoms with Crippen LogP contribution in [0.1, 0.15) is 48.4 Å². The summed E-state index contributed by atoms with van der Waals surface area (Å²) in [6.07, 6.45) is -1.25. The molecule has 0 N–H and O–H groups in total. The van der Waals surface area contributed by atoms with Crippen molar-refractivity contribution >= 4 is 11.8 Å². The molecule has 6 nitrogen and oxygen atoms in total. The van der Waals surface area contributed by atoms with E-state index in [9.17, 15) is 22.8 Å². The molecule has 3 rings (SSSR count). The molecule has 1 fully saturated rings. The van der Waals surface area contributed by atoms with Crippen molar-refractivity contribution in [1.29, 1.82) is 0 Å². The molecule has 2 amide bonds. The Morgan fingerprint density at radius 2 is 1.85 bits per heavy atom. The van der Waals surface area contributed by atoms with Crippen molar-refractivity contribution in [3.05, 3.63) is 59.5 Å². The number of halogens is 3. The van der Waals surface area contributed by atoms with Crippen LogP contribution >= 0.6 is 0 Å². The van der Waals surface area contributed by atoms with Gasteiger partial charge in [0.1, 0.15) is 12.3 Å². The topological polar surface area (TPSA) is 63.0 Å². The number of furan rings is 1. The zero-order valence-corrected chi connectivity index (χ0v) is 18.8. The van der Waals surface area contributed by atoms with Gasteiger partial charge >= 0.3 is 6.18 Å². The zero-order valence-electron chi connectivity index (χ0n) is 18.8. The van der Waals surface area contributed by atoms with Gasteiger partial charge in [-0.3, -0.25) is 9.59 Å². The van der Waals surface area contributed by atoms with E-state index in [1.165, 1.54) is 11.2 Å². The van der Waals surface area contributed by atoms with Crippen LogP contribution in [0.5, 0.6) is 0 Å². The van der Waals surface area contributed by atoms with Gasteiger partial charge in [0.05, 0.1) is 24.5 Å². The van der Waals surface area contributed by atoms with Crippen molar-refractivity contribution in [2.24, 2.45) is 5.92 Å². The number of nitrogens with zero attached hydrogens (tertiary/aromatic N) is 2. The van der Waals surface area contributed by atoms with Crippen LogP contribution < -0.4 is 0 Å². The minimum Gasteiger partial charge on any atom is -0.467 e. The first-order valence-electron chi connectivity index (χ1n) is 11.0. The molecule has 0 saturated carbocycles. The fraction of sp³-hybridized carbons (Fsp3) is 0.500. The minimum atomic E-state index is -4.48. The van der Waals surface area contributed by atoms with Gasteiger partial charge in [-0.25, -0.2) is 0 Å². The van der Waals surface area contributed by atoms with E-state index in [1.807, 2.05) is 13.8 Å². The normalized spacial score (nSPS) is 16.2. The summed E-state index contributed by atoms with van der Waals surface area (Å²) in [5, 5.41) is 0. The fourth-order valence-corrected chi connectivity index (χ4v) is 3.79. The molecule has 1 unspecified atom stereocenters. The second-order valence-corrected chi connectivity index (χ2v) is 8.64. The Morgan fingerprint density at radius 3 is 2.39 bits per heavy atom. The Hall–Kier alpha value is -2.81. The molecule has 0 bridgehead atoms. The van der Waals surface area contributed by atoms with Gasteiger partial charge in [0.2, 0.25) is 5.91 Å². The largest absolute Gasteiger partial charge is 0.467 e. The average molecular weight is 467 g/mol. The third-order valence-electron chi connectivity index (χ3n) is 5.39. The van der Waals surface area contributed by atoms with Gasteiger partial charge in [-0.1, -0.05) is 13.8 Å². The first-order chi connectivity index (χ1) is 15.6. The standard InChI is InChI=1S/C24H29F3N2O4/c1-17(2)13-29(23(31)18-7-9-19(10-8-18)24(25,26)27)16-22(30)28(14-20-5-3-11-32-20)15-21-6-4-12-33-21/h3,5,7-11,17,21H,4,6,12-16H2,1-2H3. The second-order valence-electron chi connectivity index (χ2n) is 8.64. The highest BCUT2D eigenvalue weighted by molar-refractivity contribution is 5.96. The molecule has 0 spiro atoms. The van der Waals surface area contributed by atoms with E-state index in [4.69, 9.17) is 9.15 Å². The van der Waals surface area contributed by atoms with E-state index in [2.05, 4.69) is 0 Å². The number of hydrogen-bond acceptors (Lipinski definition) is 4. The first-order valence-corrected chi connectivity index (χ1v) is 11.0. The lowest BCUT2D eigenvalue weighted by molar-refractivity contribution is -0.137. The van der Waals surface area contributed by atoms with E-state index < -0.39 is 17.6 Å².